The van der Waals surface area contributed by atoms with Gasteiger partial charge in [0.1, 0.15) is 17.3 Å². The number of amides is 1. The van der Waals surface area contributed by atoms with Gasteiger partial charge in [0.05, 0.1) is 24.8 Å². The number of rotatable bonds is 11. The molecule has 3 aromatic rings. The van der Waals surface area contributed by atoms with Gasteiger partial charge in [0.15, 0.2) is 0 Å². The number of ether oxygens (including phenoxy) is 1. The highest BCUT2D eigenvalue weighted by Gasteiger charge is 2.24. The number of esters is 1. The highest BCUT2D eigenvalue weighted by atomic mass is 19.1. The summed E-state index contributed by atoms with van der Waals surface area (Å²) in [6, 6.07) is 13.0. The molecule has 0 spiro atoms. The van der Waals surface area contributed by atoms with Gasteiger partial charge in [0.25, 0.3) is 5.91 Å². The topological polar surface area (TPSA) is 101 Å². The van der Waals surface area contributed by atoms with Crippen LogP contribution in [0.3, 0.4) is 0 Å². The maximum atomic E-state index is 13.8. The quantitative estimate of drug-likeness (QED) is 0.341. The number of pyridine rings is 1. The Bertz CT molecular complexity index is 1230. The molecule has 0 radical (unpaired) electrons. The van der Waals surface area contributed by atoms with Crippen LogP contribution in [-0.2, 0) is 24.1 Å². The Hall–Kier alpha value is -3.69. The molecular weight excluding hydrogens is 480 g/mol. The second-order valence-electron chi connectivity index (χ2n) is 8.81. The van der Waals surface area contributed by atoms with Crippen molar-refractivity contribution in [2.45, 2.75) is 45.4 Å². The smallest absolute Gasteiger partial charge is 0.337 e. The molecule has 9 heteroatoms. The van der Waals surface area contributed by atoms with Crippen LogP contribution < -0.4 is 10.6 Å². The zero-order chi connectivity index (χ0) is 26.9. The van der Waals surface area contributed by atoms with Crippen LogP contribution in [0.2, 0.25) is 0 Å². The van der Waals surface area contributed by atoms with E-state index < -0.39 is 35.7 Å². The molecule has 3 rings (SSSR count). The third-order valence-electron chi connectivity index (χ3n) is 5.85. The van der Waals surface area contributed by atoms with Gasteiger partial charge >= 0.3 is 5.97 Å². The van der Waals surface area contributed by atoms with Gasteiger partial charge in [0.2, 0.25) is 0 Å². The average molecular weight is 512 g/mol. The van der Waals surface area contributed by atoms with E-state index in [-0.39, 0.29) is 29.8 Å². The number of aromatic nitrogens is 1. The van der Waals surface area contributed by atoms with Crippen LogP contribution in [0.1, 0.15) is 50.2 Å². The molecular formula is C28H31F2N3O4. The zero-order valence-electron chi connectivity index (χ0n) is 21.1. The number of hydrogen-bond donors (Lipinski definition) is 3. The number of halogens is 2. The molecule has 0 fully saturated rings. The van der Waals surface area contributed by atoms with Crippen molar-refractivity contribution < 1.29 is 28.2 Å². The van der Waals surface area contributed by atoms with E-state index in [9.17, 15) is 23.5 Å². The van der Waals surface area contributed by atoms with Crippen LogP contribution in [0.4, 0.5) is 8.78 Å². The van der Waals surface area contributed by atoms with Crippen molar-refractivity contribution >= 4 is 11.9 Å². The molecule has 1 amide bonds. The van der Waals surface area contributed by atoms with Crippen LogP contribution in [0.15, 0.2) is 54.6 Å². The number of hydrogen-bond acceptors (Lipinski definition) is 6. The molecule has 0 saturated heterocycles. The normalized spacial score (nSPS) is 12.6. The fourth-order valence-corrected chi connectivity index (χ4v) is 4.00. The molecule has 196 valence electrons. The Kier molecular flexibility index (Phi) is 9.82. The Morgan fingerprint density at radius 1 is 1.03 bits per heavy atom. The maximum absolute atomic E-state index is 13.8. The minimum absolute atomic E-state index is 0.0374. The number of carbonyl (C=O) groups is 2. The molecule has 37 heavy (non-hydrogen) atoms. The summed E-state index contributed by atoms with van der Waals surface area (Å²) in [4.78, 5) is 29.2. The van der Waals surface area contributed by atoms with Crippen molar-refractivity contribution in [3.05, 3.63) is 99.9 Å². The largest absolute Gasteiger partial charge is 0.465 e. The first kappa shape index (κ1) is 27.9. The molecule has 2 aromatic carbocycles. The first-order valence-corrected chi connectivity index (χ1v) is 12.0. The van der Waals surface area contributed by atoms with Crippen molar-refractivity contribution in [1.29, 1.82) is 0 Å². The van der Waals surface area contributed by atoms with Crippen LogP contribution in [0.5, 0.6) is 0 Å². The Balaban J connectivity index is 1.77. The predicted octanol–water partition coefficient (Wildman–Crippen LogP) is 3.51. The van der Waals surface area contributed by atoms with E-state index in [1.165, 1.54) is 24.8 Å². The van der Waals surface area contributed by atoms with Gasteiger partial charge in [-0.25, -0.2) is 18.6 Å². The molecule has 2 atom stereocenters. The molecule has 3 N–H and O–H groups in total. The number of aliphatic hydroxyl groups is 1. The SMILES string of the molecule is CCc1cccc(CNC[C@H](O)[C@H](Cc2cc(F)cc(F)c2)NC(=O)c2cc(C(=O)OC)cc(C)n2)c1. The second kappa shape index (κ2) is 13.0. The van der Waals surface area contributed by atoms with E-state index in [1.54, 1.807) is 6.92 Å². The predicted molar refractivity (Wildman–Crippen MR) is 135 cm³/mol. The van der Waals surface area contributed by atoms with Gasteiger partial charge in [0, 0.05) is 24.8 Å². The molecule has 0 saturated carbocycles. The summed E-state index contributed by atoms with van der Waals surface area (Å²) in [5.41, 5.74) is 3.03. The van der Waals surface area contributed by atoms with Crippen LogP contribution in [0, 0.1) is 18.6 Å². The number of carbonyl (C=O) groups excluding carboxylic acids is 2. The summed E-state index contributed by atoms with van der Waals surface area (Å²) in [6.07, 6.45) is -0.237. The van der Waals surface area contributed by atoms with Crippen molar-refractivity contribution in [3.8, 4) is 0 Å². The van der Waals surface area contributed by atoms with E-state index in [2.05, 4.69) is 28.6 Å². The number of nitrogens with one attached hydrogen (secondary N) is 2. The van der Waals surface area contributed by atoms with Gasteiger partial charge in [-0.2, -0.15) is 0 Å². The number of aliphatic hydroxyl groups excluding tert-OH is 1. The average Bonchev–Trinajstić information content (AvgIpc) is 2.86. The number of aryl methyl sites for hydroxylation is 2. The lowest BCUT2D eigenvalue weighted by molar-refractivity contribution is 0.0600. The van der Waals surface area contributed by atoms with Gasteiger partial charge in [-0.15, -0.1) is 0 Å². The molecule has 0 aliphatic rings. The molecule has 1 heterocycles. The van der Waals surface area contributed by atoms with Crippen molar-refractivity contribution in [3.63, 3.8) is 0 Å². The van der Waals surface area contributed by atoms with Crippen molar-refractivity contribution in [2.75, 3.05) is 13.7 Å². The first-order valence-electron chi connectivity index (χ1n) is 12.0. The summed E-state index contributed by atoms with van der Waals surface area (Å²) in [7, 11) is 1.23. The van der Waals surface area contributed by atoms with Gasteiger partial charge in [-0.3, -0.25) is 4.79 Å². The Morgan fingerprint density at radius 3 is 2.41 bits per heavy atom. The summed E-state index contributed by atoms with van der Waals surface area (Å²) >= 11 is 0. The van der Waals surface area contributed by atoms with E-state index in [4.69, 9.17) is 4.74 Å². The lowest BCUT2D eigenvalue weighted by Crippen LogP contribution is -2.49. The second-order valence-corrected chi connectivity index (χ2v) is 8.81. The zero-order valence-corrected chi connectivity index (χ0v) is 21.1. The fourth-order valence-electron chi connectivity index (χ4n) is 4.00. The van der Waals surface area contributed by atoms with E-state index in [0.717, 1.165) is 30.2 Å². The van der Waals surface area contributed by atoms with Crippen LogP contribution in [-0.4, -0.2) is 47.8 Å². The summed E-state index contributed by atoms with van der Waals surface area (Å²) in [6.45, 7) is 4.29. The fraction of sp³-hybridized carbons (Fsp3) is 0.321. The number of nitrogens with zero attached hydrogens (tertiary/aromatic N) is 1. The van der Waals surface area contributed by atoms with E-state index in [0.29, 0.717) is 12.2 Å². The molecule has 1 aromatic heterocycles. The first-order chi connectivity index (χ1) is 17.7. The lowest BCUT2D eigenvalue weighted by atomic mass is 10.00. The van der Waals surface area contributed by atoms with Crippen LogP contribution in [0.25, 0.3) is 0 Å². The van der Waals surface area contributed by atoms with E-state index in [1.807, 2.05) is 18.2 Å². The number of benzene rings is 2. The molecule has 7 nitrogen and oxygen atoms in total. The van der Waals surface area contributed by atoms with Crippen molar-refractivity contribution in [1.82, 2.24) is 15.6 Å². The highest BCUT2D eigenvalue weighted by Crippen LogP contribution is 2.14. The minimum Gasteiger partial charge on any atom is -0.465 e. The van der Waals surface area contributed by atoms with E-state index >= 15 is 0 Å². The summed E-state index contributed by atoms with van der Waals surface area (Å²) in [5.74, 6) is -2.79. The highest BCUT2D eigenvalue weighted by molar-refractivity contribution is 5.96. The standard InChI is InChI=1S/C28H31F2N3O4/c1-4-18-6-5-7-19(9-18)15-31-16-26(34)24(12-20-10-22(29)14-23(30)11-20)33-27(35)25-13-21(28(36)37-3)8-17(2)32-25/h5-11,13-14,24,26,31,34H,4,12,15-16H2,1-3H3,(H,33,35)/t24-,26-/m0/s1. The molecule has 0 unspecified atom stereocenters. The Labute approximate surface area is 214 Å². The summed E-state index contributed by atoms with van der Waals surface area (Å²) in [5, 5.41) is 16.8. The van der Waals surface area contributed by atoms with Gasteiger partial charge in [-0.1, -0.05) is 31.2 Å². The van der Waals surface area contributed by atoms with Gasteiger partial charge < -0.3 is 20.5 Å². The molecule has 0 aliphatic carbocycles. The minimum atomic E-state index is -1.10. The van der Waals surface area contributed by atoms with Crippen LogP contribution >= 0.6 is 0 Å². The van der Waals surface area contributed by atoms with Crippen molar-refractivity contribution in [2.24, 2.45) is 0 Å². The molecule has 0 bridgehead atoms. The third-order valence-corrected chi connectivity index (χ3v) is 5.85. The maximum Gasteiger partial charge on any atom is 0.337 e. The Morgan fingerprint density at radius 2 is 1.73 bits per heavy atom. The number of methoxy groups -OCH3 is 1. The summed E-state index contributed by atoms with van der Waals surface area (Å²) < 4.78 is 32.3. The monoisotopic (exact) mass is 511 g/mol. The van der Waals surface area contributed by atoms with Gasteiger partial charge in [-0.05, 0) is 60.7 Å². The molecule has 0 aliphatic heterocycles. The third kappa shape index (κ3) is 8.16. The lowest BCUT2D eigenvalue weighted by Gasteiger charge is -2.25.